The van der Waals surface area contributed by atoms with Gasteiger partial charge in [-0.1, -0.05) is 103 Å². The largest absolute Gasteiger partial charge is 0.463 e. The predicted octanol–water partition coefficient (Wildman–Crippen LogP) is 11.9. The maximum Gasteiger partial charge on any atom is 0.306 e. The number of hydrogen-bond acceptors (Lipinski definition) is 10. The molecule has 1 fully saturated rings. The number of carbonyl (C=O) groups is 3. The second-order valence-electron chi connectivity index (χ2n) is 18.3. The van der Waals surface area contributed by atoms with Crippen LogP contribution in [0.2, 0.25) is 0 Å². The average Bonchev–Trinajstić information content (AvgIpc) is 3.72. The topological polar surface area (TPSA) is 127 Å². The molecule has 2 aliphatic rings. The van der Waals surface area contributed by atoms with Crippen LogP contribution in [0.15, 0.2) is 36.5 Å². The first-order valence-corrected chi connectivity index (χ1v) is 25.4. The molecule has 0 saturated heterocycles. The number of carbonyl (C=O) groups excluding carboxylic acids is 3. The number of aliphatic hydroxyl groups excluding tert-OH is 1. The maximum absolute atomic E-state index is 12.2. The molecule has 366 valence electrons. The van der Waals surface area contributed by atoms with Gasteiger partial charge in [0.2, 0.25) is 0 Å². The smallest absolute Gasteiger partial charge is 0.306 e. The third-order valence-electron chi connectivity index (χ3n) is 11.9. The van der Waals surface area contributed by atoms with Gasteiger partial charge in [-0.3, -0.25) is 14.4 Å². The zero-order valence-corrected chi connectivity index (χ0v) is 41.2. The summed E-state index contributed by atoms with van der Waals surface area (Å²) >= 11 is 0. The van der Waals surface area contributed by atoms with Gasteiger partial charge in [0.05, 0.1) is 44.7 Å². The highest BCUT2D eigenvalue weighted by Crippen LogP contribution is 2.41. The molecule has 0 aliphatic heterocycles. The highest BCUT2D eigenvalue weighted by atomic mass is 16.5. The molecule has 0 radical (unpaired) electrons. The minimum Gasteiger partial charge on any atom is -0.463 e. The number of esters is 2. The molecule has 10 heteroatoms. The first kappa shape index (κ1) is 58.6. The monoisotopic (exact) mass is 891 g/mol. The normalized spacial score (nSPS) is 21.0. The van der Waals surface area contributed by atoms with Gasteiger partial charge in [-0.15, -0.1) is 0 Å². The number of hydrogen-bond donors (Lipinski definition) is 1. The summed E-state index contributed by atoms with van der Waals surface area (Å²) < 4.78 is 33.1. The van der Waals surface area contributed by atoms with Crippen LogP contribution in [0.4, 0.5) is 0 Å². The van der Waals surface area contributed by atoms with Crippen molar-refractivity contribution in [3.63, 3.8) is 0 Å². The molecule has 1 N–H and O–H groups in total. The van der Waals surface area contributed by atoms with E-state index in [0.29, 0.717) is 63.6 Å². The Bertz CT molecular complexity index is 1210. The second kappa shape index (κ2) is 39.9. The van der Waals surface area contributed by atoms with Gasteiger partial charge in [0, 0.05) is 45.2 Å². The van der Waals surface area contributed by atoms with Crippen LogP contribution in [-0.2, 0) is 42.8 Å². The average molecular weight is 891 g/mol. The van der Waals surface area contributed by atoms with Crippen molar-refractivity contribution < 1.29 is 47.9 Å². The van der Waals surface area contributed by atoms with Crippen molar-refractivity contribution in [2.75, 3.05) is 52.9 Å². The standard InChI is InChI=1S/C27H50O5.C26H44O5/c1-5-6-7-10-13-17-30-19-20-31-18-16-24-23(4)21-26(28)25(24)14-11-8-9-12-15-27(29)32-22(2)3;1-4-5-6-9-12-18-29-20-21-30-19-17-23-15-16-25(27)24(23)13-10-7-8-11-14-26(28)31-22(2)3/h8,11,22-26,28H,5-7,9-10,12-21H2,1-4H3;7,10,15-16,22-24H,4-6,8-9,11-14,17-21H2,1-3H3/b11-8-;10-7-/t23-,24+,25?,26+;23-,24?/m11/s1. The lowest BCUT2D eigenvalue weighted by atomic mass is 9.85. The van der Waals surface area contributed by atoms with E-state index in [0.717, 1.165) is 90.4 Å². The van der Waals surface area contributed by atoms with Crippen LogP contribution in [0.3, 0.4) is 0 Å². The van der Waals surface area contributed by atoms with E-state index < -0.39 is 0 Å². The van der Waals surface area contributed by atoms with Crippen molar-refractivity contribution in [3.8, 4) is 0 Å². The van der Waals surface area contributed by atoms with Crippen LogP contribution in [0, 0.1) is 29.6 Å². The molecule has 6 atom stereocenters. The molecule has 2 aliphatic carbocycles. The van der Waals surface area contributed by atoms with Crippen LogP contribution in [0.5, 0.6) is 0 Å². The Morgan fingerprint density at radius 1 is 0.619 bits per heavy atom. The first-order chi connectivity index (χ1) is 30.5. The van der Waals surface area contributed by atoms with E-state index in [4.69, 9.17) is 28.4 Å². The van der Waals surface area contributed by atoms with Gasteiger partial charge < -0.3 is 33.5 Å². The Labute approximate surface area is 385 Å². The lowest BCUT2D eigenvalue weighted by Crippen LogP contribution is -2.21. The Morgan fingerprint density at radius 2 is 1.10 bits per heavy atom. The van der Waals surface area contributed by atoms with Crippen molar-refractivity contribution in [2.24, 2.45) is 29.6 Å². The molecule has 1 saturated carbocycles. The molecule has 2 unspecified atom stereocenters. The van der Waals surface area contributed by atoms with Gasteiger partial charge in [-0.25, -0.2) is 0 Å². The number of ketones is 1. The summed E-state index contributed by atoms with van der Waals surface area (Å²) in [6.07, 6.45) is 33.0. The summed E-state index contributed by atoms with van der Waals surface area (Å²) in [5.74, 6) is 1.54. The molecule has 63 heavy (non-hydrogen) atoms. The van der Waals surface area contributed by atoms with Gasteiger partial charge in [-0.05, 0) is 128 Å². The molecule has 0 amide bonds. The van der Waals surface area contributed by atoms with E-state index >= 15 is 0 Å². The zero-order chi connectivity index (χ0) is 46.3. The van der Waals surface area contributed by atoms with Crippen molar-refractivity contribution in [1.82, 2.24) is 0 Å². The molecule has 0 heterocycles. The number of unbranched alkanes of at least 4 members (excludes halogenated alkanes) is 10. The maximum atomic E-state index is 12.2. The molecule has 0 aromatic heterocycles. The second-order valence-corrected chi connectivity index (χ2v) is 18.3. The quantitative estimate of drug-likeness (QED) is 0.0364. The predicted molar refractivity (Wildman–Crippen MR) is 256 cm³/mol. The first-order valence-electron chi connectivity index (χ1n) is 25.4. The number of ether oxygens (including phenoxy) is 6. The summed E-state index contributed by atoms with van der Waals surface area (Å²) in [7, 11) is 0. The molecule has 0 bridgehead atoms. The minimum atomic E-state index is -0.225. The van der Waals surface area contributed by atoms with E-state index in [2.05, 4.69) is 45.1 Å². The molecule has 0 aromatic rings. The van der Waals surface area contributed by atoms with E-state index in [1.165, 1.54) is 51.4 Å². The summed E-state index contributed by atoms with van der Waals surface area (Å²) in [4.78, 5) is 35.2. The summed E-state index contributed by atoms with van der Waals surface area (Å²) in [6.45, 7) is 19.8. The Hall–Kier alpha value is -2.37. The van der Waals surface area contributed by atoms with Crippen molar-refractivity contribution in [3.05, 3.63) is 36.5 Å². The molecular weight excluding hydrogens is 797 g/mol. The molecule has 2 rings (SSSR count). The van der Waals surface area contributed by atoms with E-state index in [-0.39, 0.29) is 47.9 Å². The highest BCUT2D eigenvalue weighted by molar-refractivity contribution is 5.94. The fourth-order valence-electron chi connectivity index (χ4n) is 8.35. The van der Waals surface area contributed by atoms with Crippen LogP contribution in [0.1, 0.15) is 183 Å². The SMILES string of the molecule is CCCCCCCOCCOCC[C@@H]1C(C/C=C\CCCC(=O)OC(C)C)[C@@H](O)C[C@H]1C.CCCCCCCOCCOCC[C@H]1C=CC(=O)C1C/C=C\CCCC(=O)OC(C)C. The Kier molecular flexibility index (Phi) is 37.2. The van der Waals surface area contributed by atoms with Crippen LogP contribution >= 0.6 is 0 Å². The minimum absolute atomic E-state index is 0.0186. The van der Waals surface area contributed by atoms with Crippen LogP contribution in [-0.4, -0.2) is 94.0 Å². The van der Waals surface area contributed by atoms with E-state index in [9.17, 15) is 19.5 Å². The van der Waals surface area contributed by atoms with Crippen molar-refractivity contribution >= 4 is 17.7 Å². The van der Waals surface area contributed by atoms with E-state index in [1.54, 1.807) is 6.08 Å². The van der Waals surface area contributed by atoms with Crippen molar-refractivity contribution in [2.45, 2.75) is 202 Å². The number of aliphatic hydroxyl groups is 1. The zero-order valence-electron chi connectivity index (χ0n) is 41.2. The fourth-order valence-corrected chi connectivity index (χ4v) is 8.35. The highest BCUT2D eigenvalue weighted by Gasteiger charge is 2.39. The summed E-state index contributed by atoms with van der Waals surface area (Å²) in [5, 5.41) is 10.5. The Balaban J connectivity index is 0.000000630. The summed E-state index contributed by atoms with van der Waals surface area (Å²) in [6, 6.07) is 0. The summed E-state index contributed by atoms with van der Waals surface area (Å²) in [5.41, 5.74) is 0. The van der Waals surface area contributed by atoms with Crippen LogP contribution in [0.25, 0.3) is 0 Å². The molecule has 0 spiro atoms. The number of rotatable bonds is 38. The molecule has 10 nitrogen and oxygen atoms in total. The third kappa shape index (κ3) is 32.0. The lowest BCUT2D eigenvalue weighted by molar-refractivity contribution is -0.148. The fraction of sp³-hybridized carbons (Fsp3) is 0.830. The molecule has 0 aromatic carbocycles. The third-order valence-corrected chi connectivity index (χ3v) is 11.9. The van der Waals surface area contributed by atoms with Crippen molar-refractivity contribution in [1.29, 1.82) is 0 Å². The van der Waals surface area contributed by atoms with Gasteiger partial charge in [-0.2, -0.15) is 0 Å². The molecular formula is C53H94O10. The number of allylic oxidation sites excluding steroid dienone is 6. The van der Waals surface area contributed by atoms with Gasteiger partial charge in [0.15, 0.2) is 5.78 Å². The van der Waals surface area contributed by atoms with Gasteiger partial charge in [0.25, 0.3) is 0 Å². The van der Waals surface area contributed by atoms with Gasteiger partial charge >= 0.3 is 11.9 Å². The van der Waals surface area contributed by atoms with Gasteiger partial charge in [0.1, 0.15) is 0 Å². The van der Waals surface area contributed by atoms with E-state index in [1.807, 2.05) is 33.8 Å². The van der Waals surface area contributed by atoms with Crippen LogP contribution < -0.4 is 0 Å². The Morgan fingerprint density at radius 3 is 1.60 bits per heavy atom. The lowest BCUT2D eigenvalue weighted by Gasteiger charge is -2.23.